The van der Waals surface area contributed by atoms with Crippen molar-refractivity contribution in [1.82, 2.24) is 0 Å². The van der Waals surface area contributed by atoms with E-state index in [9.17, 15) is 0 Å². The van der Waals surface area contributed by atoms with Crippen molar-refractivity contribution in [3.05, 3.63) is 23.3 Å². The topological polar surface area (TPSA) is 36.9 Å². The molecule has 128 valence electrons. The first-order valence-corrected chi connectivity index (χ1v) is 10.1. The van der Waals surface area contributed by atoms with Gasteiger partial charge in [0, 0.05) is 22.6 Å². The third kappa shape index (κ3) is 1.47. The summed E-state index contributed by atoms with van der Waals surface area (Å²) in [6.45, 7) is 1.36. The number of hydrogen-bond acceptors (Lipinski definition) is 5. The number of rotatable bonds is 1. The summed E-state index contributed by atoms with van der Waals surface area (Å²) in [6.07, 6.45) is 4.42. The van der Waals surface area contributed by atoms with Crippen LogP contribution in [0.15, 0.2) is 12.1 Å². The van der Waals surface area contributed by atoms with Gasteiger partial charge in [0.1, 0.15) is 0 Å². The maximum Gasteiger partial charge on any atom is 0.206 e. The maximum atomic E-state index is 6.65. The molecule has 5 heteroatoms. The third-order valence-corrected chi connectivity index (χ3v) is 8.32. The summed E-state index contributed by atoms with van der Waals surface area (Å²) in [7, 11) is 1.74. The third-order valence-electron chi connectivity index (χ3n) is 6.96. The Balaban J connectivity index is 1.63. The van der Waals surface area contributed by atoms with Crippen molar-refractivity contribution in [3.63, 3.8) is 0 Å². The molecule has 0 N–H and O–H groups in total. The molecular formula is C19H22O4S. The lowest BCUT2D eigenvalue weighted by molar-refractivity contribution is -0.252. The molecule has 3 heterocycles. The fraction of sp³-hybridized carbons (Fsp3) is 0.684. The SMILES string of the molecule is COc1ccc2c3c1O[C@H]1C4(CC[C@H]5[C@@H](C2)SCC[C@@]351)OCCO4. The van der Waals surface area contributed by atoms with E-state index in [0.717, 1.165) is 30.8 Å². The molecule has 2 aliphatic carbocycles. The Bertz CT molecular complexity index is 714. The molecule has 4 atom stereocenters. The summed E-state index contributed by atoms with van der Waals surface area (Å²) in [5.41, 5.74) is 2.93. The quantitative estimate of drug-likeness (QED) is 0.782. The first-order chi connectivity index (χ1) is 11.8. The first kappa shape index (κ1) is 14.3. The summed E-state index contributed by atoms with van der Waals surface area (Å²) >= 11 is 2.16. The van der Waals surface area contributed by atoms with Gasteiger partial charge in [-0.05, 0) is 42.6 Å². The molecule has 2 bridgehead atoms. The van der Waals surface area contributed by atoms with Crippen molar-refractivity contribution in [1.29, 1.82) is 0 Å². The van der Waals surface area contributed by atoms with Gasteiger partial charge in [-0.2, -0.15) is 11.8 Å². The number of thioether (sulfide) groups is 1. The summed E-state index contributed by atoms with van der Waals surface area (Å²) in [5.74, 6) is 3.15. The second-order valence-electron chi connectivity index (χ2n) is 7.69. The van der Waals surface area contributed by atoms with E-state index in [-0.39, 0.29) is 11.5 Å². The maximum absolute atomic E-state index is 6.65. The van der Waals surface area contributed by atoms with E-state index in [2.05, 4.69) is 23.9 Å². The molecule has 3 aliphatic heterocycles. The molecule has 2 spiro atoms. The molecule has 0 aromatic heterocycles. The molecule has 0 unspecified atom stereocenters. The number of fused-ring (bicyclic) bond motifs is 1. The van der Waals surface area contributed by atoms with Crippen LogP contribution in [0.5, 0.6) is 11.5 Å². The van der Waals surface area contributed by atoms with Crippen LogP contribution in [0.4, 0.5) is 0 Å². The second kappa shape index (κ2) is 4.63. The van der Waals surface area contributed by atoms with Crippen LogP contribution in [0, 0.1) is 5.92 Å². The molecule has 1 saturated carbocycles. The number of benzene rings is 1. The molecule has 2 saturated heterocycles. The van der Waals surface area contributed by atoms with Crippen LogP contribution in [0.2, 0.25) is 0 Å². The molecule has 24 heavy (non-hydrogen) atoms. The molecule has 4 nitrogen and oxygen atoms in total. The van der Waals surface area contributed by atoms with E-state index in [1.807, 2.05) is 0 Å². The molecule has 1 aromatic carbocycles. The van der Waals surface area contributed by atoms with E-state index in [1.54, 1.807) is 7.11 Å². The molecular weight excluding hydrogens is 324 g/mol. The van der Waals surface area contributed by atoms with Crippen molar-refractivity contribution in [2.75, 3.05) is 26.1 Å². The van der Waals surface area contributed by atoms with E-state index >= 15 is 0 Å². The fourth-order valence-electron chi connectivity index (χ4n) is 6.16. The predicted molar refractivity (Wildman–Crippen MR) is 91.0 cm³/mol. The highest BCUT2D eigenvalue weighted by Crippen LogP contribution is 2.67. The van der Waals surface area contributed by atoms with Gasteiger partial charge in [0.2, 0.25) is 5.79 Å². The van der Waals surface area contributed by atoms with E-state index in [1.165, 1.54) is 23.3 Å². The van der Waals surface area contributed by atoms with Crippen LogP contribution in [0.3, 0.4) is 0 Å². The lowest BCUT2D eigenvalue weighted by atomic mass is 9.53. The van der Waals surface area contributed by atoms with E-state index < -0.39 is 5.79 Å². The van der Waals surface area contributed by atoms with Gasteiger partial charge in [0.25, 0.3) is 0 Å². The van der Waals surface area contributed by atoms with Crippen LogP contribution in [-0.2, 0) is 21.3 Å². The Labute approximate surface area is 146 Å². The molecule has 5 aliphatic rings. The minimum Gasteiger partial charge on any atom is -0.493 e. The Morgan fingerprint density at radius 1 is 1.21 bits per heavy atom. The smallest absolute Gasteiger partial charge is 0.206 e. The van der Waals surface area contributed by atoms with Gasteiger partial charge in [0.15, 0.2) is 17.6 Å². The summed E-state index contributed by atoms with van der Waals surface area (Å²) < 4.78 is 24.7. The number of ether oxygens (including phenoxy) is 4. The van der Waals surface area contributed by atoms with E-state index in [4.69, 9.17) is 18.9 Å². The molecule has 6 rings (SSSR count). The highest BCUT2D eigenvalue weighted by molar-refractivity contribution is 8.00. The zero-order valence-corrected chi connectivity index (χ0v) is 14.7. The van der Waals surface area contributed by atoms with Crippen LogP contribution >= 0.6 is 11.8 Å². The van der Waals surface area contributed by atoms with Crippen molar-refractivity contribution in [3.8, 4) is 11.5 Å². The lowest BCUT2D eigenvalue weighted by Gasteiger charge is -2.58. The Hall–Kier alpha value is -0.910. The van der Waals surface area contributed by atoms with Gasteiger partial charge < -0.3 is 18.9 Å². The van der Waals surface area contributed by atoms with Crippen LogP contribution < -0.4 is 9.47 Å². The normalized spacial score (nSPS) is 40.3. The highest BCUT2D eigenvalue weighted by Gasteiger charge is 2.70. The lowest BCUT2D eigenvalue weighted by Crippen LogP contribution is -2.66. The van der Waals surface area contributed by atoms with Gasteiger partial charge in [-0.25, -0.2) is 0 Å². The summed E-state index contributed by atoms with van der Waals surface area (Å²) in [4.78, 5) is 0. The van der Waals surface area contributed by atoms with Crippen molar-refractivity contribution in [2.45, 2.75) is 48.2 Å². The Morgan fingerprint density at radius 3 is 2.92 bits per heavy atom. The minimum atomic E-state index is -0.554. The Morgan fingerprint density at radius 2 is 2.08 bits per heavy atom. The van der Waals surface area contributed by atoms with Gasteiger partial charge >= 0.3 is 0 Å². The molecule has 1 aromatic rings. The number of hydrogen-bond donors (Lipinski definition) is 0. The van der Waals surface area contributed by atoms with Crippen LogP contribution in [-0.4, -0.2) is 43.2 Å². The average Bonchev–Trinajstić information content (AvgIpc) is 3.19. The standard InChI is InChI=1S/C19H22O4S/c1-20-13-3-2-11-10-14-12-4-5-19(21-7-8-22-19)17-18(12,6-9-24-14)15(11)16(13)23-17/h2-3,12,14,17H,4-10H2,1H3/t12-,14+,17+,18-/m0/s1. The van der Waals surface area contributed by atoms with Gasteiger partial charge in [-0.15, -0.1) is 0 Å². The van der Waals surface area contributed by atoms with Gasteiger partial charge in [0.05, 0.1) is 20.3 Å². The molecule has 0 radical (unpaired) electrons. The van der Waals surface area contributed by atoms with Crippen LogP contribution in [0.1, 0.15) is 30.4 Å². The predicted octanol–water partition coefficient (Wildman–Crippen LogP) is 2.91. The van der Waals surface area contributed by atoms with Gasteiger partial charge in [-0.3, -0.25) is 0 Å². The zero-order chi connectivity index (χ0) is 15.9. The second-order valence-corrected chi connectivity index (χ2v) is 9.03. The number of methoxy groups -OCH3 is 1. The van der Waals surface area contributed by atoms with Crippen molar-refractivity contribution in [2.24, 2.45) is 5.92 Å². The summed E-state index contributed by atoms with van der Waals surface area (Å²) in [5, 5.41) is 0.704. The Kier molecular flexibility index (Phi) is 2.75. The average molecular weight is 346 g/mol. The van der Waals surface area contributed by atoms with Crippen LogP contribution in [0.25, 0.3) is 0 Å². The molecule has 0 amide bonds. The first-order valence-electron chi connectivity index (χ1n) is 9.05. The zero-order valence-electron chi connectivity index (χ0n) is 13.9. The minimum absolute atomic E-state index is 0.0278. The fourth-order valence-corrected chi connectivity index (χ4v) is 7.83. The summed E-state index contributed by atoms with van der Waals surface area (Å²) in [6, 6.07) is 4.34. The van der Waals surface area contributed by atoms with Crippen molar-refractivity contribution < 1.29 is 18.9 Å². The van der Waals surface area contributed by atoms with Gasteiger partial charge in [-0.1, -0.05) is 6.07 Å². The molecule has 3 fully saturated rings. The monoisotopic (exact) mass is 346 g/mol. The van der Waals surface area contributed by atoms with E-state index in [0.29, 0.717) is 24.4 Å². The highest BCUT2D eigenvalue weighted by atomic mass is 32.2. The van der Waals surface area contributed by atoms with Crippen molar-refractivity contribution >= 4 is 11.8 Å². The largest absolute Gasteiger partial charge is 0.493 e.